The Hall–Kier alpha value is -0.590. The highest BCUT2D eigenvalue weighted by atomic mass is 35.5. The van der Waals surface area contributed by atoms with Gasteiger partial charge in [0.2, 0.25) is 5.91 Å². The lowest BCUT2D eigenvalue weighted by molar-refractivity contribution is -0.131. The van der Waals surface area contributed by atoms with Gasteiger partial charge >= 0.3 is 0 Å². The molecule has 0 spiro atoms. The van der Waals surface area contributed by atoms with Crippen LogP contribution in [-0.2, 0) is 4.79 Å². The maximum absolute atomic E-state index is 11.5. The summed E-state index contributed by atoms with van der Waals surface area (Å²) < 4.78 is 0. The number of hydrogen-bond donors (Lipinski definition) is 1. The molecule has 5 nitrogen and oxygen atoms in total. The Balaban J connectivity index is 0. The SMILES string of the molecule is CC(c1cccnc1)N1CCN(C(=O)CN)CC1.Cl.Cl.Cl. The number of aromatic nitrogens is 1. The Morgan fingerprint density at radius 3 is 2.38 bits per heavy atom. The predicted molar refractivity (Wildman–Crippen MR) is 91.6 cm³/mol. The van der Waals surface area contributed by atoms with Gasteiger partial charge in [-0.3, -0.25) is 14.7 Å². The van der Waals surface area contributed by atoms with Crippen molar-refractivity contribution < 1.29 is 4.79 Å². The number of halogens is 3. The van der Waals surface area contributed by atoms with Crippen LogP contribution in [0.25, 0.3) is 0 Å². The van der Waals surface area contributed by atoms with E-state index in [4.69, 9.17) is 5.73 Å². The number of rotatable bonds is 3. The van der Waals surface area contributed by atoms with E-state index in [0.29, 0.717) is 6.04 Å². The average Bonchev–Trinajstić information content (AvgIpc) is 2.47. The maximum Gasteiger partial charge on any atom is 0.236 e. The standard InChI is InChI=1S/C13H20N4O.3ClH/c1-11(12-3-2-4-15-10-12)16-5-7-17(8-6-16)13(18)9-14;;;/h2-4,10-11H,5-9,14H2,1H3;3*1H. The minimum atomic E-state index is 0. The van der Waals surface area contributed by atoms with Crippen LogP contribution in [0.3, 0.4) is 0 Å². The fourth-order valence-corrected chi connectivity index (χ4v) is 2.32. The lowest BCUT2D eigenvalue weighted by atomic mass is 10.1. The number of hydrogen-bond acceptors (Lipinski definition) is 4. The first kappa shape index (κ1) is 22.7. The molecule has 1 aliphatic heterocycles. The molecule has 0 radical (unpaired) electrons. The Morgan fingerprint density at radius 1 is 1.29 bits per heavy atom. The summed E-state index contributed by atoms with van der Waals surface area (Å²) in [7, 11) is 0. The van der Waals surface area contributed by atoms with Gasteiger partial charge in [0.25, 0.3) is 0 Å². The van der Waals surface area contributed by atoms with Crippen molar-refractivity contribution in [2.24, 2.45) is 5.73 Å². The molecule has 1 saturated heterocycles. The Morgan fingerprint density at radius 2 is 1.90 bits per heavy atom. The molecule has 8 heteroatoms. The molecule has 1 aliphatic rings. The number of nitrogens with zero attached hydrogens (tertiary/aromatic N) is 3. The molecule has 1 aromatic rings. The molecular weight excluding hydrogens is 335 g/mol. The van der Waals surface area contributed by atoms with Crippen molar-refractivity contribution in [3.63, 3.8) is 0 Å². The van der Waals surface area contributed by atoms with Crippen molar-refractivity contribution in [1.29, 1.82) is 0 Å². The zero-order valence-corrected chi connectivity index (χ0v) is 14.4. The predicted octanol–water partition coefficient (Wildman–Crippen LogP) is 1.51. The van der Waals surface area contributed by atoms with Gasteiger partial charge in [0.15, 0.2) is 0 Å². The third kappa shape index (κ3) is 5.96. The van der Waals surface area contributed by atoms with Crippen LogP contribution in [0.2, 0.25) is 0 Å². The summed E-state index contributed by atoms with van der Waals surface area (Å²) in [5, 5.41) is 0. The molecule has 0 saturated carbocycles. The van der Waals surface area contributed by atoms with E-state index in [-0.39, 0.29) is 49.7 Å². The van der Waals surface area contributed by atoms with E-state index >= 15 is 0 Å². The first-order chi connectivity index (χ1) is 8.72. The zero-order chi connectivity index (χ0) is 13.0. The Labute approximate surface area is 144 Å². The molecule has 21 heavy (non-hydrogen) atoms. The smallest absolute Gasteiger partial charge is 0.236 e. The molecular formula is C13H23Cl3N4O. The van der Waals surface area contributed by atoms with Gasteiger partial charge in [0.1, 0.15) is 0 Å². The van der Waals surface area contributed by atoms with Gasteiger partial charge in [-0.05, 0) is 18.6 Å². The first-order valence-corrected chi connectivity index (χ1v) is 6.34. The second-order valence-electron chi connectivity index (χ2n) is 4.58. The van der Waals surface area contributed by atoms with Crippen LogP contribution in [-0.4, -0.2) is 53.4 Å². The monoisotopic (exact) mass is 356 g/mol. The highest BCUT2D eigenvalue weighted by molar-refractivity contribution is 5.86. The average molecular weight is 358 g/mol. The minimum Gasteiger partial charge on any atom is -0.339 e. The van der Waals surface area contributed by atoms with Gasteiger partial charge in [-0.25, -0.2) is 0 Å². The van der Waals surface area contributed by atoms with E-state index in [9.17, 15) is 4.79 Å². The Kier molecular flexibility index (Phi) is 11.9. The fourth-order valence-electron chi connectivity index (χ4n) is 2.32. The van der Waals surface area contributed by atoms with Crippen molar-refractivity contribution in [3.8, 4) is 0 Å². The van der Waals surface area contributed by atoms with E-state index in [1.165, 1.54) is 5.56 Å². The van der Waals surface area contributed by atoms with Crippen molar-refractivity contribution in [3.05, 3.63) is 30.1 Å². The number of amides is 1. The molecule has 2 heterocycles. The second kappa shape index (κ2) is 11.0. The van der Waals surface area contributed by atoms with E-state index in [0.717, 1.165) is 26.2 Å². The number of carbonyl (C=O) groups is 1. The van der Waals surface area contributed by atoms with Gasteiger partial charge in [-0.2, -0.15) is 0 Å². The molecule has 1 fully saturated rings. The molecule has 2 N–H and O–H groups in total. The van der Waals surface area contributed by atoms with E-state index in [2.05, 4.69) is 22.9 Å². The summed E-state index contributed by atoms with van der Waals surface area (Å²) in [4.78, 5) is 19.8. The summed E-state index contributed by atoms with van der Waals surface area (Å²) in [6.45, 7) is 5.60. The van der Waals surface area contributed by atoms with Gasteiger partial charge < -0.3 is 10.6 Å². The third-order valence-corrected chi connectivity index (χ3v) is 3.56. The first-order valence-electron chi connectivity index (χ1n) is 6.34. The number of nitrogens with two attached hydrogens (primary N) is 1. The molecule has 2 rings (SSSR count). The summed E-state index contributed by atoms with van der Waals surface area (Å²) in [6, 6.07) is 4.39. The van der Waals surface area contributed by atoms with E-state index < -0.39 is 0 Å². The molecule has 1 unspecified atom stereocenters. The fraction of sp³-hybridized carbons (Fsp3) is 0.538. The summed E-state index contributed by atoms with van der Waals surface area (Å²) >= 11 is 0. The van der Waals surface area contributed by atoms with Crippen LogP contribution in [0.5, 0.6) is 0 Å². The van der Waals surface area contributed by atoms with Crippen molar-refractivity contribution in [2.45, 2.75) is 13.0 Å². The van der Waals surface area contributed by atoms with Gasteiger partial charge in [-0.15, -0.1) is 37.2 Å². The number of pyridine rings is 1. The van der Waals surface area contributed by atoms with Crippen LogP contribution >= 0.6 is 37.2 Å². The van der Waals surface area contributed by atoms with Crippen LogP contribution in [0.4, 0.5) is 0 Å². The van der Waals surface area contributed by atoms with Crippen LogP contribution in [0, 0.1) is 0 Å². The maximum atomic E-state index is 11.5. The molecule has 0 aliphatic carbocycles. The summed E-state index contributed by atoms with van der Waals surface area (Å²) in [5.74, 6) is 0.0451. The third-order valence-electron chi connectivity index (χ3n) is 3.56. The van der Waals surface area contributed by atoms with Crippen molar-refractivity contribution in [2.75, 3.05) is 32.7 Å². The summed E-state index contributed by atoms with van der Waals surface area (Å²) in [6.07, 6.45) is 3.69. The molecule has 122 valence electrons. The minimum absolute atomic E-state index is 0. The summed E-state index contributed by atoms with van der Waals surface area (Å²) in [5.41, 5.74) is 6.59. The molecule has 0 aromatic carbocycles. The number of piperazine rings is 1. The van der Waals surface area contributed by atoms with Crippen LogP contribution < -0.4 is 5.73 Å². The molecule has 0 bridgehead atoms. The second-order valence-corrected chi connectivity index (χ2v) is 4.58. The van der Waals surface area contributed by atoms with E-state index in [1.54, 1.807) is 6.20 Å². The quantitative estimate of drug-likeness (QED) is 0.891. The highest BCUT2D eigenvalue weighted by Crippen LogP contribution is 2.20. The number of carbonyl (C=O) groups excluding carboxylic acids is 1. The van der Waals surface area contributed by atoms with E-state index in [1.807, 2.05) is 17.2 Å². The topological polar surface area (TPSA) is 62.5 Å². The normalized spacial score (nSPS) is 16.0. The largest absolute Gasteiger partial charge is 0.339 e. The lowest BCUT2D eigenvalue weighted by Gasteiger charge is -2.38. The van der Waals surface area contributed by atoms with Gasteiger partial charge in [0, 0.05) is 44.6 Å². The lowest BCUT2D eigenvalue weighted by Crippen LogP contribution is -2.50. The molecule has 1 atom stereocenters. The van der Waals surface area contributed by atoms with Crippen LogP contribution in [0.1, 0.15) is 18.5 Å². The zero-order valence-electron chi connectivity index (χ0n) is 12.0. The van der Waals surface area contributed by atoms with Crippen molar-refractivity contribution >= 4 is 43.1 Å². The van der Waals surface area contributed by atoms with Gasteiger partial charge in [-0.1, -0.05) is 6.07 Å². The van der Waals surface area contributed by atoms with Crippen molar-refractivity contribution in [1.82, 2.24) is 14.8 Å². The molecule has 1 amide bonds. The van der Waals surface area contributed by atoms with Crippen LogP contribution in [0.15, 0.2) is 24.5 Å². The highest BCUT2D eigenvalue weighted by Gasteiger charge is 2.23. The Bertz CT molecular complexity index is 400. The molecule has 1 aromatic heterocycles. The van der Waals surface area contributed by atoms with Gasteiger partial charge in [0.05, 0.1) is 6.54 Å².